The minimum absolute atomic E-state index is 0.765. The lowest BCUT2D eigenvalue weighted by Crippen LogP contribution is -1.84. The van der Waals surface area contributed by atoms with E-state index in [9.17, 15) is 0 Å². The molecule has 0 bridgehead atoms. The van der Waals surface area contributed by atoms with E-state index in [2.05, 4.69) is 9.97 Å². The van der Waals surface area contributed by atoms with Crippen LogP contribution in [0.5, 0.6) is 0 Å². The van der Waals surface area contributed by atoms with Gasteiger partial charge in [0.25, 0.3) is 0 Å². The van der Waals surface area contributed by atoms with Gasteiger partial charge in [-0.05, 0) is 12.1 Å². The number of rotatable bonds is 1. The van der Waals surface area contributed by atoms with Crippen molar-refractivity contribution >= 4 is 10.9 Å². The quantitative estimate of drug-likeness (QED) is 0.600. The predicted molar refractivity (Wildman–Crippen MR) is 57.2 cm³/mol. The van der Waals surface area contributed by atoms with E-state index in [-0.39, 0.29) is 0 Å². The molecule has 0 aliphatic rings. The summed E-state index contributed by atoms with van der Waals surface area (Å²) < 4.78 is 4.93. The highest BCUT2D eigenvalue weighted by Gasteiger charge is 2.02. The first-order valence-corrected chi connectivity index (χ1v) is 4.68. The van der Waals surface area contributed by atoms with Crippen LogP contribution in [0.2, 0.25) is 0 Å². The lowest BCUT2D eigenvalue weighted by molar-refractivity contribution is 0.558. The Labute approximate surface area is 86.4 Å². The molecule has 2 heterocycles. The molecule has 3 aromatic rings. The minimum Gasteiger partial charge on any atom is -0.451 e. The first-order valence-electron chi connectivity index (χ1n) is 4.68. The third-order valence-electron chi connectivity index (χ3n) is 2.29. The van der Waals surface area contributed by atoms with Crippen LogP contribution in [0.1, 0.15) is 0 Å². The van der Waals surface area contributed by atoms with Crippen molar-refractivity contribution < 1.29 is 4.42 Å². The average molecular weight is 196 g/mol. The van der Waals surface area contributed by atoms with Crippen molar-refractivity contribution in [3.05, 3.63) is 49.1 Å². The smallest absolute Gasteiger partial charge is 0.181 e. The maximum Gasteiger partial charge on any atom is 0.181 e. The normalized spacial score (nSPS) is 10.7. The van der Waals surface area contributed by atoms with Crippen molar-refractivity contribution in [3.8, 4) is 11.4 Å². The van der Waals surface area contributed by atoms with Crippen LogP contribution in [0.3, 0.4) is 0 Å². The van der Waals surface area contributed by atoms with Crippen LogP contribution in [-0.2, 0) is 0 Å². The third kappa shape index (κ3) is 1.38. The molecule has 0 unspecified atom stereocenters. The summed E-state index contributed by atoms with van der Waals surface area (Å²) in [6, 6.07) is 12.0. The van der Waals surface area contributed by atoms with E-state index in [4.69, 9.17) is 4.42 Å². The van der Waals surface area contributed by atoms with Crippen LogP contribution in [0.15, 0.2) is 53.5 Å². The molecule has 0 amide bonds. The molecule has 0 aliphatic carbocycles. The van der Waals surface area contributed by atoms with Gasteiger partial charge in [0.05, 0.1) is 11.2 Å². The first-order chi connectivity index (χ1) is 7.43. The standard InChI is InChI=1S/C12H8N2O/c1-2-4-10-9(3-1)5-6-11(14-10)12-7-15-8-13-12/h1-8H. The van der Waals surface area contributed by atoms with Crippen LogP contribution in [-0.4, -0.2) is 9.97 Å². The zero-order valence-corrected chi connectivity index (χ0v) is 7.92. The summed E-state index contributed by atoms with van der Waals surface area (Å²) in [7, 11) is 0. The van der Waals surface area contributed by atoms with Gasteiger partial charge in [-0.3, -0.25) is 0 Å². The third-order valence-corrected chi connectivity index (χ3v) is 2.29. The van der Waals surface area contributed by atoms with Crippen molar-refractivity contribution in [1.29, 1.82) is 0 Å². The fourth-order valence-electron chi connectivity index (χ4n) is 1.55. The van der Waals surface area contributed by atoms with Gasteiger partial charge >= 0.3 is 0 Å². The monoisotopic (exact) mass is 196 g/mol. The molecule has 0 N–H and O–H groups in total. The molecule has 3 rings (SSSR count). The van der Waals surface area contributed by atoms with Gasteiger partial charge in [0.1, 0.15) is 12.0 Å². The van der Waals surface area contributed by atoms with Crippen molar-refractivity contribution in [2.24, 2.45) is 0 Å². The predicted octanol–water partition coefficient (Wildman–Crippen LogP) is 2.89. The number of benzene rings is 1. The van der Waals surface area contributed by atoms with Crippen LogP contribution in [0.25, 0.3) is 22.3 Å². The highest BCUT2D eigenvalue weighted by atomic mass is 16.3. The summed E-state index contributed by atoms with van der Waals surface area (Å²) in [5.74, 6) is 0. The number of hydrogen-bond donors (Lipinski definition) is 0. The summed E-state index contributed by atoms with van der Waals surface area (Å²) in [4.78, 5) is 8.56. The molecule has 2 aromatic heterocycles. The number of aromatic nitrogens is 2. The molecule has 72 valence electrons. The fourth-order valence-corrected chi connectivity index (χ4v) is 1.55. The van der Waals surface area contributed by atoms with Gasteiger partial charge in [0.2, 0.25) is 0 Å². The molecular weight excluding hydrogens is 188 g/mol. The van der Waals surface area contributed by atoms with Crippen molar-refractivity contribution in [2.75, 3.05) is 0 Å². The van der Waals surface area contributed by atoms with Crippen molar-refractivity contribution in [3.63, 3.8) is 0 Å². The second-order valence-corrected chi connectivity index (χ2v) is 3.26. The van der Waals surface area contributed by atoms with Crippen molar-refractivity contribution in [1.82, 2.24) is 9.97 Å². The molecule has 15 heavy (non-hydrogen) atoms. The SMILES string of the molecule is c1ccc2nc(-c3cocn3)ccc2c1. The van der Waals surface area contributed by atoms with Crippen molar-refractivity contribution in [2.45, 2.75) is 0 Å². The summed E-state index contributed by atoms with van der Waals surface area (Å²) in [6.07, 6.45) is 3.00. The van der Waals surface area contributed by atoms with Gasteiger partial charge in [0.15, 0.2) is 6.39 Å². The number of oxazole rings is 1. The molecule has 0 radical (unpaired) electrons. The Hall–Kier alpha value is -2.16. The summed E-state index contributed by atoms with van der Waals surface area (Å²) in [5, 5.41) is 1.13. The van der Waals surface area contributed by atoms with E-state index in [0.717, 1.165) is 22.3 Å². The molecule has 0 spiro atoms. The first kappa shape index (κ1) is 8.17. The number of pyridine rings is 1. The fraction of sp³-hybridized carbons (Fsp3) is 0. The largest absolute Gasteiger partial charge is 0.451 e. The molecule has 0 atom stereocenters. The maximum absolute atomic E-state index is 4.93. The Kier molecular flexibility index (Phi) is 1.75. The molecule has 0 fully saturated rings. The Morgan fingerprint density at radius 1 is 0.933 bits per heavy atom. The van der Waals surface area contributed by atoms with Gasteiger partial charge in [-0.15, -0.1) is 0 Å². The minimum atomic E-state index is 0.765. The number of hydrogen-bond acceptors (Lipinski definition) is 3. The summed E-state index contributed by atoms with van der Waals surface area (Å²) in [6.45, 7) is 0. The number of para-hydroxylation sites is 1. The van der Waals surface area contributed by atoms with Gasteiger partial charge < -0.3 is 4.42 Å². The zero-order valence-electron chi connectivity index (χ0n) is 7.92. The Bertz CT molecular complexity index is 587. The lowest BCUT2D eigenvalue weighted by atomic mass is 10.2. The highest BCUT2D eigenvalue weighted by molar-refractivity contribution is 5.80. The molecule has 0 saturated heterocycles. The molecular formula is C12H8N2O. The van der Waals surface area contributed by atoms with Gasteiger partial charge in [-0.25, -0.2) is 9.97 Å². The average Bonchev–Trinajstić information content (AvgIpc) is 2.82. The number of nitrogens with zero attached hydrogens (tertiary/aromatic N) is 2. The van der Waals surface area contributed by atoms with Crippen LogP contribution in [0, 0.1) is 0 Å². The van der Waals surface area contributed by atoms with E-state index >= 15 is 0 Å². The van der Waals surface area contributed by atoms with Gasteiger partial charge in [0, 0.05) is 5.39 Å². The van der Waals surface area contributed by atoms with E-state index in [0.29, 0.717) is 0 Å². The molecule has 3 heteroatoms. The molecule has 0 saturated carbocycles. The van der Waals surface area contributed by atoms with Crippen LogP contribution < -0.4 is 0 Å². The second-order valence-electron chi connectivity index (χ2n) is 3.26. The van der Waals surface area contributed by atoms with E-state index in [1.807, 2.05) is 36.4 Å². The second kappa shape index (κ2) is 3.20. The highest BCUT2D eigenvalue weighted by Crippen LogP contribution is 2.18. The zero-order chi connectivity index (χ0) is 10.1. The summed E-state index contributed by atoms with van der Waals surface area (Å²) in [5.41, 5.74) is 2.57. The lowest BCUT2D eigenvalue weighted by Gasteiger charge is -1.98. The number of fused-ring (bicyclic) bond motifs is 1. The van der Waals surface area contributed by atoms with Gasteiger partial charge in [-0.1, -0.05) is 24.3 Å². The topological polar surface area (TPSA) is 38.9 Å². The van der Waals surface area contributed by atoms with E-state index in [1.54, 1.807) is 6.26 Å². The van der Waals surface area contributed by atoms with Crippen LogP contribution in [0.4, 0.5) is 0 Å². The Morgan fingerprint density at radius 3 is 2.73 bits per heavy atom. The van der Waals surface area contributed by atoms with Crippen LogP contribution >= 0.6 is 0 Å². The molecule has 1 aromatic carbocycles. The van der Waals surface area contributed by atoms with E-state index < -0.39 is 0 Å². The molecule has 3 nitrogen and oxygen atoms in total. The summed E-state index contributed by atoms with van der Waals surface area (Å²) >= 11 is 0. The van der Waals surface area contributed by atoms with E-state index in [1.165, 1.54) is 6.39 Å². The Morgan fingerprint density at radius 2 is 1.87 bits per heavy atom. The van der Waals surface area contributed by atoms with Gasteiger partial charge in [-0.2, -0.15) is 0 Å². The molecule has 0 aliphatic heterocycles. The maximum atomic E-state index is 4.93. The Balaban J connectivity index is 2.22.